The number of aromatic carboxylic acids is 1. The molecule has 0 spiro atoms. The summed E-state index contributed by atoms with van der Waals surface area (Å²) in [5, 5.41) is 8.95. The lowest BCUT2D eigenvalue weighted by Gasteiger charge is -2.04. The fourth-order valence-corrected chi connectivity index (χ4v) is 2.63. The highest BCUT2D eigenvalue weighted by Gasteiger charge is 2.13. The minimum absolute atomic E-state index is 0.00191. The van der Waals surface area contributed by atoms with E-state index in [2.05, 4.69) is 4.98 Å². The summed E-state index contributed by atoms with van der Waals surface area (Å²) in [5.74, 6) is -1.26. The van der Waals surface area contributed by atoms with Gasteiger partial charge in [0.1, 0.15) is 0 Å². The average Bonchev–Trinajstić information content (AvgIpc) is 2.71. The van der Waals surface area contributed by atoms with E-state index in [0.717, 1.165) is 0 Å². The molecule has 2 rings (SSSR count). The first-order valence-electron chi connectivity index (χ1n) is 6.00. The Hall–Kier alpha value is -2.09. The summed E-state index contributed by atoms with van der Waals surface area (Å²) in [6.07, 6.45) is 0. The van der Waals surface area contributed by atoms with E-state index in [9.17, 15) is 18.0 Å². The lowest BCUT2D eigenvalue weighted by molar-refractivity contribution is 0.0697. The van der Waals surface area contributed by atoms with Gasteiger partial charge in [0, 0.05) is 12.3 Å². The number of H-pyrrole nitrogens is 1. The van der Waals surface area contributed by atoms with E-state index in [0.29, 0.717) is 11.0 Å². The van der Waals surface area contributed by atoms with E-state index in [1.807, 2.05) is 0 Å². The molecule has 108 valence electrons. The number of carbonyl (C=O) groups is 1. The van der Waals surface area contributed by atoms with Crippen LogP contribution in [0, 0.1) is 0 Å². The molecule has 0 atom stereocenters. The number of nitrogens with zero attached hydrogens (tertiary/aromatic N) is 1. The number of benzene rings is 1. The number of aryl methyl sites for hydroxylation is 1. The molecule has 2 aromatic rings. The molecular weight excluding hydrogens is 284 g/mol. The van der Waals surface area contributed by atoms with Crippen molar-refractivity contribution < 1.29 is 18.3 Å². The van der Waals surface area contributed by atoms with Crippen LogP contribution in [-0.4, -0.2) is 40.6 Å². The molecule has 20 heavy (non-hydrogen) atoms. The third-order valence-electron chi connectivity index (χ3n) is 3.09. The van der Waals surface area contributed by atoms with Gasteiger partial charge >= 0.3 is 11.7 Å². The quantitative estimate of drug-likeness (QED) is 0.833. The second-order valence-corrected chi connectivity index (χ2v) is 6.83. The van der Waals surface area contributed by atoms with Crippen LogP contribution in [0.25, 0.3) is 11.0 Å². The Morgan fingerprint density at radius 3 is 2.70 bits per heavy atom. The van der Waals surface area contributed by atoms with Crippen LogP contribution in [0.1, 0.15) is 17.3 Å². The minimum atomic E-state index is -3.20. The predicted molar refractivity (Wildman–Crippen MR) is 73.8 cm³/mol. The van der Waals surface area contributed by atoms with Crippen LogP contribution in [0.15, 0.2) is 23.0 Å². The molecule has 0 unspecified atom stereocenters. The van der Waals surface area contributed by atoms with Crippen LogP contribution in [-0.2, 0) is 16.4 Å². The molecule has 7 nitrogen and oxygen atoms in total. The third kappa shape index (κ3) is 2.74. The number of aromatic nitrogens is 2. The Morgan fingerprint density at radius 2 is 2.10 bits per heavy atom. The number of aromatic amines is 1. The first-order chi connectivity index (χ1) is 9.34. The van der Waals surface area contributed by atoms with Crippen LogP contribution in [0.4, 0.5) is 0 Å². The molecule has 0 amide bonds. The topological polar surface area (TPSA) is 109 Å². The van der Waals surface area contributed by atoms with Gasteiger partial charge in [-0.05, 0) is 18.2 Å². The van der Waals surface area contributed by atoms with Crippen LogP contribution >= 0.6 is 0 Å². The molecule has 0 aliphatic heterocycles. The smallest absolute Gasteiger partial charge is 0.335 e. The van der Waals surface area contributed by atoms with Crippen LogP contribution < -0.4 is 5.69 Å². The van der Waals surface area contributed by atoms with E-state index in [1.165, 1.54) is 29.7 Å². The second kappa shape index (κ2) is 5.12. The van der Waals surface area contributed by atoms with Gasteiger partial charge in [-0.25, -0.2) is 18.0 Å². The van der Waals surface area contributed by atoms with Gasteiger partial charge in [-0.1, -0.05) is 6.92 Å². The van der Waals surface area contributed by atoms with Gasteiger partial charge in [0.25, 0.3) is 0 Å². The van der Waals surface area contributed by atoms with Gasteiger partial charge in [-0.2, -0.15) is 0 Å². The maximum absolute atomic E-state index is 11.8. The largest absolute Gasteiger partial charge is 0.478 e. The molecule has 0 saturated heterocycles. The van der Waals surface area contributed by atoms with Gasteiger partial charge in [0.15, 0.2) is 9.84 Å². The summed E-state index contributed by atoms with van der Waals surface area (Å²) in [5.41, 5.74) is 0.465. The molecule has 1 aromatic carbocycles. The van der Waals surface area contributed by atoms with Crippen molar-refractivity contribution in [3.8, 4) is 0 Å². The number of imidazole rings is 1. The molecule has 2 N–H and O–H groups in total. The maximum Gasteiger partial charge on any atom is 0.335 e. The normalized spacial score (nSPS) is 11.8. The number of hydrogen-bond donors (Lipinski definition) is 2. The monoisotopic (exact) mass is 298 g/mol. The lowest BCUT2D eigenvalue weighted by Crippen LogP contribution is -2.22. The van der Waals surface area contributed by atoms with Crippen LogP contribution in [0.5, 0.6) is 0 Å². The van der Waals surface area contributed by atoms with Crippen molar-refractivity contribution in [2.75, 3.05) is 11.5 Å². The molecule has 0 radical (unpaired) electrons. The SMILES string of the molecule is CCS(=O)(=O)CCn1c(=O)[nH]c2ccc(C(=O)O)cc21. The first kappa shape index (κ1) is 14.3. The van der Waals surface area contributed by atoms with Gasteiger partial charge < -0.3 is 10.1 Å². The Morgan fingerprint density at radius 1 is 1.40 bits per heavy atom. The van der Waals surface area contributed by atoms with Gasteiger partial charge in [-0.3, -0.25) is 4.57 Å². The number of carboxylic acid groups (broad SMARTS) is 1. The zero-order valence-corrected chi connectivity index (χ0v) is 11.6. The fourth-order valence-electron chi connectivity index (χ4n) is 1.88. The average molecular weight is 298 g/mol. The molecule has 1 heterocycles. The molecule has 0 saturated carbocycles. The standard InChI is InChI=1S/C12H14N2O5S/c1-2-20(18,19)6-5-14-10-7-8(11(15)16)3-4-9(10)13-12(14)17/h3-4,7H,2,5-6H2,1H3,(H,13,17)(H,15,16). The molecule has 0 aliphatic rings. The predicted octanol–water partition coefficient (Wildman–Crippen LogP) is 0.462. The van der Waals surface area contributed by atoms with Crippen molar-refractivity contribution in [1.29, 1.82) is 0 Å². The fraction of sp³-hybridized carbons (Fsp3) is 0.333. The number of rotatable bonds is 5. The Bertz CT molecular complexity index is 816. The van der Waals surface area contributed by atoms with Crippen molar-refractivity contribution >= 4 is 26.8 Å². The number of sulfone groups is 1. The van der Waals surface area contributed by atoms with Gasteiger partial charge in [0.05, 0.1) is 22.3 Å². The molecular formula is C12H14N2O5S. The van der Waals surface area contributed by atoms with Gasteiger partial charge in [-0.15, -0.1) is 0 Å². The van der Waals surface area contributed by atoms with E-state index in [-0.39, 0.29) is 23.6 Å². The second-order valence-electron chi connectivity index (χ2n) is 4.36. The maximum atomic E-state index is 11.8. The Labute approximate surface area is 114 Å². The number of fused-ring (bicyclic) bond motifs is 1. The molecule has 0 aliphatic carbocycles. The van der Waals surface area contributed by atoms with E-state index < -0.39 is 21.5 Å². The zero-order valence-electron chi connectivity index (χ0n) is 10.8. The molecule has 0 bridgehead atoms. The van der Waals surface area contributed by atoms with E-state index in [1.54, 1.807) is 0 Å². The highest BCUT2D eigenvalue weighted by molar-refractivity contribution is 7.91. The minimum Gasteiger partial charge on any atom is -0.478 e. The molecule has 0 fully saturated rings. The van der Waals surface area contributed by atoms with Crippen molar-refractivity contribution in [1.82, 2.24) is 9.55 Å². The van der Waals surface area contributed by atoms with Crippen LogP contribution in [0.3, 0.4) is 0 Å². The van der Waals surface area contributed by atoms with Crippen molar-refractivity contribution in [3.63, 3.8) is 0 Å². The van der Waals surface area contributed by atoms with Crippen LogP contribution in [0.2, 0.25) is 0 Å². The van der Waals surface area contributed by atoms with E-state index >= 15 is 0 Å². The van der Waals surface area contributed by atoms with Crippen molar-refractivity contribution in [2.24, 2.45) is 0 Å². The number of carboxylic acids is 1. The Balaban J connectivity index is 2.47. The summed E-state index contributed by atoms with van der Waals surface area (Å²) in [6, 6.07) is 4.23. The summed E-state index contributed by atoms with van der Waals surface area (Å²) < 4.78 is 24.2. The van der Waals surface area contributed by atoms with E-state index in [4.69, 9.17) is 5.11 Å². The van der Waals surface area contributed by atoms with Crippen molar-refractivity contribution in [2.45, 2.75) is 13.5 Å². The summed E-state index contributed by atoms with van der Waals surface area (Å²) >= 11 is 0. The molecule has 1 aromatic heterocycles. The number of nitrogens with one attached hydrogen (secondary N) is 1. The summed E-state index contributed by atoms with van der Waals surface area (Å²) in [6.45, 7) is 1.54. The van der Waals surface area contributed by atoms with Crippen molar-refractivity contribution in [3.05, 3.63) is 34.2 Å². The molecule has 8 heteroatoms. The Kier molecular flexibility index (Phi) is 3.67. The summed E-state index contributed by atoms with van der Waals surface area (Å²) in [7, 11) is -3.20. The zero-order chi connectivity index (χ0) is 14.9. The third-order valence-corrected chi connectivity index (χ3v) is 4.77. The highest BCUT2D eigenvalue weighted by atomic mass is 32.2. The van der Waals surface area contributed by atoms with Gasteiger partial charge in [0.2, 0.25) is 0 Å². The first-order valence-corrected chi connectivity index (χ1v) is 7.82. The lowest BCUT2D eigenvalue weighted by atomic mass is 10.2. The highest BCUT2D eigenvalue weighted by Crippen LogP contribution is 2.13. The summed E-state index contributed by atoms with van der Waals surface area (Å²) in [4.78, 5) is 25.3. The number of hydrogen-bond acceptors (Lipinski definition) is 4.